The van der Waals surface area contributed by atoms with Crippen molar-refractivity contribution in [1.82, 2.24) is 20.3 Å². The molecule has 2 aromatic carbocycles. The first-order valence-electron chi connectivity index (χ1n) is 13.4. The maximum absolute atomic E-state index is 12.0. The average molecular weight is 536 g/mol. The summed E-state index contributed by atoms with van der Waals surface area (Å²) < 4.78 is 16.4. The number of nitrogens with zero attached hydrogens (tertiary/aromatic N) is 4. The van der Waals surface area contributed by atoms with E-state index >= 15 is 0 Å². The topological polar surface area (TPSA) is 123 Å². The molecule has 39 heavy (non-hydrogen) atoms. The van der Waals surface area contributed by atoms with Crippen molar-refractivity contribution in [2.45, 2.75) is 19.3 Å². The van der Waals surface area contributed by atoms with Gasteiger partial charge in [-0.3, -0.25) is 4.79 Å². The van der Waals surface area contributed by atoms with Crippen LogP contribution in [-0.2, 0) is 9.47 Å². The number of anilines is 4. The second-order valence-electron chi connectivity index (χ2n) is 8.96. The fourth-order valence-electron chi connectivity index (χ4n) is 4.02. The van der Waals surface area contributed by atoms with Gasteiger partial charge in [-0.2, -0.15) is 15.0 Å². The molecule has 1 saturated heterocycles. The van der Waals surface area contributed by atoms with E-state index in [0.717, 1.165) is 37.4 Å². The summed E-state index contributed by atoms with van der Waals surface area (Å²) in [6.07, 6.45) is 3.49. The Hall–Kier alpha value is -3.96. The van der Waals surface area contributed by atoms with Crippen LogP contribution in [0.25, 0.3) is 0 Å². The predicted molar refractivity (Wildman–Crippen MR) is 151 cm³/mol. The van der Waals surface area contributed by atoms with Crippen LogP contribution in [0.4, 0.5) is 23.5 Å². The number of methoxy groups -OCH3 is 1. The van der Waals surface area contributed by atoms with Crippen LogP contribution in [0.3, 0.4) is 0 Å². The Labute approximate surface area is 229 Å². The summed E-state index contributed by atoms with van der Waals surface area (Å²) in [6.45, 7) is 4.65. The highest BCUT2D eigenvalue weighted by Crippen LogP contribution is 2.22. The van der Waals surface area contributed by atoms with Crippen LogP contribution in [0, 0.1) is 0 Å². The molecule has 4 rings (SSSR count). The lowest BCUT2D eigenvalue weighted by atomic mass is 10.1. The van der Waals surface area contributed by atoms with E-state index in [2.05, 4.69) is 35.8 Å². The number of piperidine rings is 1. The molecular weight excluding hydrogens is 498 g/mol. The summed E-state index contributed by atoms with van der Waals surface area (Å²) in [6, 6.07) is 16.7. The number of carbonyl (C=O) groups is 1. The van der Waals surface area contributed by atoms with Crippen molar-refractivity contribution in [3.8, 4) is 5.75 Å². The molecular formula is C28H37N7O4. The van der Waals surface area contributed by atoms with Crippen molar-refractivity contribution in [2.24, 2.45) is 0 Å². The fourth-order valence-corrected chi connectivity index (χ4v) is 4.02. The molecule has 3 N–H and O–H groups in total. The summed E-state index contributed by atoms with van der Waals surface area (Å²) in [4.78, 5) is 28.1. The van der Waals surface area contributed by atoms with E-state index in [1.54, 1.807) is 19.2 Å². The molecule has 0 unspecified atom stereocenters. The molecule has 0 saturated carbocycles. The van der Waals surface area contributed by atoms with Gasteiger partial charge in [-0.05, 0) is 55.7 Å². The lowest BCUT2D eigenvalue weighted by molar-refractivity contribution is 0.0519. The van der Waals surface area contributed by atoms with Crippen molar-refractivity contribution in [3.05, 3.63) is 60.2 Å². The Balaban J connectivity index is 1.18. The van der Waals surface area contributed by atoms with Crippen LogP contribution < -0.4 is 25.6 Å². The van der Waals surface area contributed by atoms with E-state index in [4.69, 9.17) is 14.2 Å². The zero-order valence-corrected chi connectivity index (χ0v) is 22.4. The molecule has 1 fully saturated rings. The van der Waals surface area contributed by atoms with Gasteiger partial charge in [-0.1, -0.05) is 18.2 Å². The van der Waals surface area contributed by atoms with Crippen molar-refractivity contribution >= 4 is 29.4 Å². The lowest BCUT2D eigenvalue weighted by Gasteiger charge is -2.27. The SMILES string of the molecule is COc1ccc(Nc2nc(NCCOCCOCCNC(=O)c3ccccc3)nc(N3CCCCC3)n2)cc1. The summed E-state index contributed by atoms with van der Waals surface area (Å²) in [5.41, 5.74) is 1.50. The molecule has 0 atom stereocenters. The van der Waals surface area contributed by atoms with Gasteiger partial charge in [-0.15, -0.1) is 0 Å². The zero-order valence-electron chi connectivity index (χ0n) is 22.4. The normalized spacial score (nSPS) is 13.1. The van der Waals surface area contributed by atoms with Crippen molar-refractivity contribution < 1.29 is 19.0 Å². The van der Waals surface area contributed by atoms with Gasteiger partial charge >= 0.3 is 0 Å². The summed E-state index contributed by atoms with van der Waals surface area (Å²) in [5.74, 6) is 2.32. The molecule has 2 heterocycles. The van der Waals surface area contributed by atoms with Gasteiger partial charge in [0.15, 0.2) is 0 Å². The Morgan fingerprint density at radius 1 is 0.821 bits per heavy atom. The first kappa shape index (κ1) is 28.1. The highest BCUT2D eigenvalue weighted by atomic mass is 16.5. The minimum absolute atomic E-state index is 0.106. The fraction of sp³-hybridized carbons (Fsp3) is 0.429. The lowest BCUT2D eigenvalue weighted by Crippen LogP contribution is -2.31. The van der Waals surface area contributed by atoms with Crippen LogP contribution >= 0.6 is 0 Å². The second-order valence-corrected chi connectivity index (χ2v) is 8.96. The zero-order chi connectivity index (χ0) is 27.1. The molecule has 1 aliphatic rings. The largest absolute Gasteiger partial charge is 0.497 e. The minimum atomic E-state index is -0.106. The monoisotopic (exact) mass is 535 g/mol. The van der Waals surface area contributed by atoms with Gasteiger partial charge in [0.1, 0.15) is 5.75 Å². The first-order chi connectivity index (χ1) is 19.2. The van der Waals surface area contributed by atoms with E-state index in [-0.39, 0.29) is 5.91 Å². The standard InChI is InChI=1S/C28H37N7O4/c1-37-24-12-10-23(11-13-24)31-27-32-26(33-28(34-27)35-16-6-3-7-17-35)30-15-19-39-21-20-38-18-14-29-25(36)22-8-4-2-5-9-22/h2,4-5,8-13H,3,6-7,14-21H2,1H3,(H,29,36)(H2,30,31,32,33,34). The number of nitrogens with one attached hydrogen (secondary N) is 3. The Morgan fingerprint density at radius 3 is 2.23 bits per heavy atom. The summed E-state index contributed by atoms with van der Waals surface area (Å²) >= 11 is 0. The maximum Gasteiger partial charge on any atom is 0.251 e. The third-order valence-corrected chi connectivity index (χ3v) is 6.08. The van der Waals surface area contributed by atoms with Crippen LogP contribution in [0.1, 0.15) is 29.6 Å². The van der Waals surface area contributed by atoms with Gasteiger partial charge in [-0.25, -0.2) is 0 Å². The van der Waals surface area contributed by atoms with Gasteiger partial charge in [0.25, 0.3) is 5.91 Å². The van der Waals surface area contributed by atoms with E-state index < -0.39 is 0 Å². The first-order valence-corrected chi connectivity index (χ1v) is 13.4. The number of aromatic nitrogens is 3. The van der Waals surface area contributed by atoms with Gasteiger partial charge in [0, 0.05) is 37.4 Å². The number of amides is 1. The number of hydrogen-bond donors (Lipinski definition) is 3. The molecule has 11 nitrogen and oxygen atoms in total. The molecule has 0 aliphatic carbocycles. The van der Waals surface area contributed by atoms with E-state index in [0.29, 0.717) is 62.9 Å². The van der Waals surface area contributed by atoms with E-state index in [1.165, 1.54) is 6.42 Å². The molecule has 11 heteroatoms. The maximum atomic E-state index is 12.0. The molecule has 1 aliphatic heterocycles. The average Bonchev–Trinajstić information content (AvgIpc) is 2.99. The van der Waals surface area contributed by atoms with E-state index in [9.17, 15) is 4.79 Å². The smallest absolute Gasteiger partial charge is 0.251 e. The van der Waals surface area contributed by atoms with Crippen LogP contribution in [0.2, 0.25) is 0 Å². The number of ether oxygens (including phenoxy) is 3. The predicted octanol–water partition coefficient (Wildman–Crippen LogP) is 3.49. The molecule has 0 radical (unpaired) electrons. The van der Waals surface area contributed by atoms with Gasteiger partial charge in [0.05, 0.1) is 33.5 Å². The number of rotatable bonds is 15. The number of hydrogen-bond acceptors (Lipinski definition) is 10. The number of benzene rings is 2. The van der Waals surface area contributed by atoms with Crippen molar-refractivity contribution in [2.75, 3.05) is 75.2 Å². The molecule has 0 spiro atoms. The Kier molecular flexibility index (Phi) is 11.1. The summed E-state index contributed by atoms with van der Waals surface area (Å²) in [7, 11) is 1.64. The number of carbonyl (C=O) groups excluding carboxylic acids is 1. The Morgan fingerprint density at radius 2 is 1.51 bits per heavy atom. The quantitative estimate of drug-likeness (QED) is 0.249. The van der Waals surface area contributed by atoms with Gasteiger partial charge < -0.3 is 35.1 Å². The van der Waals surface area contributed by atoms with Crippen LogP contribution in [-0.4, -0.2) is 80.6 Å². The van der Waals surface area contributed by atoms with Crippen LogP contribution in [0.15, 0.2) is 54.6 Å². The molecule has 1 amide bonds. The third-order valence-electron chi connectivity index (χ3n) is 6.08. The van der Waals surface area contributed by atoms with Gasteiger partial charge in [0.2, 0.25) is 17.8 Å². The minimum Gasteiger partial charge on any atom is -0.497 e. The second kappa shape index (κ2) is 15.5. The Bertz CT molecular complexity index is 1140. The molecule has 1 aromatic heterocycles. The molecule has 208 valence electrons. The molecule has 0 bridgehead atoms. The third kappa shape index (κ3) is 9.38. The van der Waals surface area contributed by atoms with E-state index in [1.807, 2.05) is 42.5 Å². The highest BCUT2D eigenvalue weighted by Gasteiger charge is 2.16. The van der Waals surface area contributed by atoms with Crippen molar-refractivity contribution in [1.29, 1.82) is 0 Å². The van der Waals surface area contributed by atoms with Crippen molar-refractivity contribution in [3.63, 3.8) is 0 Å². The molecule has 3 aromatic rings. The highest BCUT2D eigenvalue weighted by molar-refractivity contribution is 5.94. The summed E-state index contributed by atoms with van der Waals surface area (Å²) in [5, 5.41) is 9.35. The van der Waals surface area contributed by atoms with Crippen LogP contribution in [0.5, 0.6) is 5.75 Å².